The highest BCUT2D eigenvalue weighted by molar-refractivity contribution is 5.96. The van der Waals surface area contributed by atoms with Crippen molar-refractivity contribution < 1.29 is 4.79 Å². The zero-order valence-electron chi connectivity index (χ0n) is 18.2. The molecule has 0 spiro atoms. The van der Waals surface area contributed by atoms with E-state index in [1.165, 1.54) is 0 Å². The summed E-state index contributed by atoms with van der Waals surface area (Å²) in [6.07, 6.45) is 9.69. The predicted octanol–water partition coefficient (Wildman–Crippen LogP) is 3.91. The monoisotopic (exact) mass is 436 g/mol. The van der Waals surface area contributed by atoms with Crippen molar-refractivity contribution in [2.75, 3.05) is 0 Å². The highest BCUT2D eigenvalue weighted by Crippen LogP contribution is 2.26. The third kappa shape index (κ3) is 4.58. The van der Waals surface area contributed by atoms with Crippen LogP contribution in [-0.2, 0) is 11.3 Å². The molecule has 0 bridgehead atoms. The van der Waals surface area contributed by atoms with E-state index in [0.717, 1.165) is 27.9 Å². The molecule has 1 aliphatic rings. The maximum atomic E-state index is 12.5. The fourth-order valence-corrected chi connectivity index (χ4v) is 3.77. The Morgan fingerprint density at radius 2 is 1.91 bits per heavy atom. The van der Waals surface area contributed by atoms with Gasteiger partial charge in [0.2, 0.25) is 0 Å². The summed E-state index contributed by atoms with van der Waals surface area (Å²) in [7, 11) is 0. The minimum absolute atomic E-state index is 0.149. The van der Waals surface area contributed by atoms with Crippen LogP contribution in [0.15, 0.2) is 84.7 Å². The van der Waals surface area contributed by atoms with Gasteiger partial charge in [0.1, 0.15) is 5.82 Å². The number of hydrogen-bond donors (Lipinski definition) is 3. The Morgan fingerprint density at radius 1 is 1.09 bits per heavy atom. The highest BCUT2D eigenvalue weighted by atomic mass is 16.1. The van der Waals surface area contributed by atoms with Crippen LogP contribution in [0.5, 0.6) is 0 Å². The van der Waals surface area contributed by atoms with Crippen molar-refractivity contribution in [3.8, 4) is 22.4 Å². The molecule has 0 saturated heterocycles. The number of carbonyl (C=O) groups is 1. The first kappa shape index (κ1) is 20.8. The quantitative estimate of drug-likeness (QED) is 0.439. The third-order valence-corrected chi connectivity index (χ3v) is 5.65. The van der Waals surface area contributed by atoms with E-state index in [0.29, 0.717) is 23.5 Å². The lowest BCUT2D eigenvalue weighted by atomic mass is 9.91. The largest absolute Gasteiger partial charge is 0.345 e. The van der Waals surface area contributed by atoms with Crippen molar-refractivity contribution in [3.63, 3.8) is 0 Å². The average Bonchev–Trinajstić information content (AvgIpc) is 3.25. The molecule has 1 aromatic carbocycles. The smallest absolute Gasteiger partial charge is 0.251 e. The van der Waals surface area contributed by atoms with Crippen LogP contribution in [0.25, 0.3) is 33.5 Å². The Bertz CT molecular complexity index is 1380. The van der Waals surface area contributed by atoms with Gasteiger partial charge in [-0.05, 0) is 54.8 Å². The Morgan fingerprint density at radius 3 is 2.70 bits per heavy atom. The summed E-state index contributed by atoms with van der Waals surface area (Å²) in [5.41, 5.74) is 11.7. The molecule has 3 aromatic heterocycles. The second kappa shape index (κ2) is 8.44. The Kier molecular flexibility index (Phi) is 5.32. The summed E-state index contributed by atoms with van der Waals surface area (Å²) in [6.45, 7) is 2.22. The van der Waals surface area contributed by atoms with Gasteiger partial charge in [-0.3, -0.25) is 9.78 Å². The molecule has 0 radical (unpaired) electrons. The number of benzene rings is 1. The van der Waals surface area contributed by atoms with Gasteiger partial charge in [0, 0.05) is 29.1 Å². The van der Waals surface area contributed by atoms with Gasteiger partial charge in [-0.2, -0.15) is 0 Å². The number of nitrogens with two attached hydrogens (primary N) is 1. The molecular formula is C26H24N6O. The summed E-state index contributed by atoms with van der Waals surface area (Å²) in [6, 6.07) is 16.1. The van der Waals surface area contributed by atoms with Crippen LogP contribution >= 0.6 is 0 Å². The van der Waals surface area contributed by atoms with Gasteiger partial charge in [-0.25, -0.2) is 9.97 Å². The fourth-order valence-electron chi connectivity index (χ4n) is 3.77. The number of H-pyrrole nitrogens is 1. The summed E-state index contributed by atoms with van der Waals surface area (Å²) < 4.78 is 0. The number of pyridine rings is 2. The normalized spacial score (nSPS) is 17.7. The SMILES string of the molecule is CC1(N)C=CC(C(=O)NCc2nc3nc(-c4cccc(-c5ccncc5)c4)ccc3[nH]2)=CC1. The van der Waals surface area contributed by atoms with E-state index in [2.05, 4.69) is 32.4 Å². The van der Waals surface area contributed by atoms with Gasteiger partial charge in [-0.1, -0.05) is 36.4 Å². The lowest BCUT2D eigenvalue weighted by Gasteiger charge is -2.22. The molecular weight excluding hydrogens is 412 g/mol. The molecule has 0 saturated carbocycles. The summed E-state index contributed by atoms with van der Waals surface area (Å²) in [4.78, 5) is 29.1. The van der Waals surface area contributed by atoms with E-state index >= 15 is 0 Å². The molecule has 0 aliphatic heterocycles. The maximum absolute atomic E-state index is 12.5. The molecule has 164 valence electrons. The molecule has 4 N–H and O–H groups in total. The second-order valence-corrected chi connectivity index (χ2v) is 8.45. The van der Waals surface area contributed by atoms with Gasteiger partial charge < -0.3 is 16.0 Å². The van der Waals surface area contributed by atoms with Gasteiger partial charge >= 0.3 is 0 Å². The molecule has 4 aromatic rings. The van der Waals surface area contributed by atoms with Gasteiger partial charge in [-0.15, -0.1) is 0 Å². The van der Waals surface area contributed by atoms with Gasteiger partial charge in [0.25, 0.3) is 5.91 Å². The Hall–Kier alpha value is -4.10. The van der Waals surface area contributed by atoms with Crippen LogP contribution in [0.1, 0.15) is 19.2 Å². The average molecular weight is 437 g/mol. The van der Waals surface area contributed by atoms with Crippen LogP contribution in [0.3, 0.4) is 0 Å². The van der Waals surface area contributed by atoms with Crippen LogP contribution in [0.2, 0.25) is 0 Å². The summed E-state index contributed by atoms with van der Waals surface area (Å²) in [5.74, 6) is 0.501. The topological polar surface area (TPSA) is 110 Å². The Balaban J connectivity index is 1.32. The van der Waals surface area contributed by atoms with E-state index in [1.807, 2.05) is 55.5 Å². The number of aromatic amines is 1. The van der Waals surface area contributed by atoms with Crippen molar-refractivity contribution in [3.05, 3.63) is 90.6 Å². The number of fused-ring (bicyclic) bond motifs is 1. The summed E-state index contributed by atoms with van der Waals surface area (Å²) >= 11 is 0. The van der Waals surface area contributed by atoms with Crippen LogP contribution in [0, 0.1) is 0 Å². The van der Waals surface area contributed by atoms with E-state index in [1.54, 1.807) is 18.5 Å². The summed E-state index contributed by atoms with van der Waals surface area (Å²) in [5, 5.41) is 2.90. The zero-order valence-corrected chi connectivity index (χ0v) is 18.2. The lowest BCUT2D eigenvalue weighted by Crippen LogP contribution is -2.35. The van der Waals surface area contributed by atoms with E-state index in [4.69, 9.17) is 10.7 Å². The molecule has 1 aliphatic carbocycles. The number of nitrogens with zero attached hydrogens (tertiary/aromatic N) is 3. The molecule has 5 rings (SSSR count). The van der Waals surface area contributed by atoms with Crippen molar-refractivity contribution in [2.24, 2.45) is 5.73 Å². The molecule has 1 unspecified atom stereocenters. The molecule has 7 heteroatoms. The number of imidazole rings is 1. The highest BCUT2D eigenvalue weighted by Gasteiger charge is 2.19. The number of amides is 1. The Labute approximate surface area is 191 Å². The zero-order chi connectivity index (χ0) is 22.8. The second-order valence-electron chi connectivity index (χ2n) is 8.45. The molecule has 1 atom stereocenters. The number of rotatable bonds is 5. The van der Waals surface area contributed by atoms with Gasteiger partial charge in [0.05, 0.1) is 17.8 Å². The number of hydrogen-bond acceptors (Lipinski definition) is 5. The van der Waals surface area contributed by atoms with E-state index in [9.17, 15) is 4.79 Å². The van der Waals surface area contributed by atoms with Gasteiger partial charge in [0.15, 0.2) is 5.65 Å². The molecule has 3 heterocycles. The number of carbonyl (C=O) groups excluding carboxylic acids is 1. The first-order chi connectivity index (χ1) is 16.0. The maximum Gasteiger partial charge on any atom is 0.251 e. The van der Waals surface area contributed by atoms with E-state index < -0.39 is 5.54 Å². The number of nitrogens with one attached hydrogen (secondary N) is 2. The van der Waals surface area contributed by atoms with Crippen molar-refractivity contribution in [2.45, 2.75) is 25.4 Å². The van der Waals surface area contributed by atoms with Crippen LogP contribution in [-0.4, -0.2) is 31.4 Å². The minimum Gasteiger partial charge on any atom is -0.345 e. The predicted molar refractivity (Wildman–Crippen MR) is 129 cm³/mol. The standard InChI is InChI=1S/C26H24N6O/c1-26(27)11-7-18(8-12-26)25(33)29-16-23-30-22-6-5-21(31-24(22)32-23)20-4-2-3-19(15-20)17-9-13-28-14-10-17/h2-11,13-15H,12,16,27H2,1H3,(H,29,33)(H,30,31,32). The fraction of sp³-hybridized carbons (Fsp3) is 0.154. The lowest BCUT2D eigenvalue weighted by molar-refractivity contribution is -0.117. The first-order valence-corrected chi connectivity index (χ1v) is 10.8. The van der Waals surface area contributed by atoms with Crippen LogP contribution < -0.4 is 11.1 Å². The first-order valence-electron chi connectivity index (χ1n) is 10.8. The molecule has 0 fully saturated rings. The van der Waals surface area contributed by atoms with Crippen molar-refractivity contribution in [1.82, 2.24) is 25.3 Å². The van der Waals surface area contributed by atoms with Crippen molar-refractivity contribution in [1.29, 1.82) is 0 Å². The molecule has 1 amide bonds. The third-order valence-electron chi connectivity index (χ3n) is 5.65. The minimum atomic E-state index is -0.399. The molecule has 7 nitrogen and oxygen atoms in total. The molecule has 33 heavy (non-hydrogen) atoms. The van der Waals surface area contributed by atoms with Crippen LogP contribution in [0.4, 0.5) is 0 Å². The van der Waals surface area contributed by atoms with Crippen molar-refractivity contribution >= 4 is 17.1 Å². The number of aromatic nitrogens is 4. The van der Waals surface area contributed by atoms with E-state index in [-0.39, 0.29) is 12.5 Å².